The third-order valence-electron chi connectivity index (χ3n) is 8.17. The van der Waals surface area contributed by atoms with Gasteiger partial charge >= 0.3 is 0 Å². The fraction of sp³-hybridized carbons (Fsp3) is 1.00. The van der Waals surface area contributed by atoms with Crippen molar-refractivity contribution in [2.45, 2.75) is 123 Å². The summed E-state index contributed by atoms with van der Waals surface area (Å²) in [5.74, 6) is 1.80. The van der Waals surface area contributed by atoms with E-state index >= 15 is 0 Å². The minimum atomic E-state index is 0.699. The maximum absolute atomic E-state index is 2.85. The van der Waals surface area contributed by atoms with E-state index < -0.39 is 0 Å². The standard InChI is InChI=1S/C24H47N3/c1-17(2)26-15-23(12-20(26)5)13-21(6)27-16-24(14-22(27)7)11-19(4)25-10-8-9-18(25)3/h17-24H,8-16H2,1-7H3/t18-,19?,20?,21?,22+,23?,24?/m0/s1. The molecule has 3 nitrogen and oxygen atoms in total. The molecule has 0 saturated carbocycles. The molecule has 0 aromatic rings. The van der Waals surface area contributed by atoms with Gasteiger partial charge in [0.1, 0.15) is 0 Å². The van der Waals surface area contributed by atoms with Crippen LogP contribution in [0.1, 0.15) is 87.0 Å². The van der Waals surface area contributed by atoms with E-state index in [2.05, 4.69) is 63.2 Å². The molecule has 27 heavy (non-hydrogen) atoms. The number of rotatable bonds is 7. The molecule has 0 aromatic carbocycles. The molecule has 0 amide bonds. The van der Waals surface area contributed by atoms with Gasteiger partial charge < -0.3 is 0 Å². The molecule has 3 heteroatoms. The van der Waals surface area contributed by atoms with E-state index in [4.69, 9.17) is 0 Å². The van der Waals surface area contributed by atoms with Gasteiger partial charge in [0, 0.05) is 49.3 Å². The molecule has 0 spiro atoms. The van der Waals surface area contributed by atoms with Gasteiger partial charge in [-0.25, -0.2) is 0 Å². The highest BCUT2D eigenvalue weighted by Gasteiger charge is 2.37. The fourth-order valence-corrected chi connectivity index (χ4v) is 6.86. The van der Waals surface area contributed by atoms with Crippen molar-refractivity contribution < 1.29 is 0 Å². The molecule has 3 rings (SSSR count). The largest absolute Gasteiger partial charge is 0.298 e. The van der Waals surface area contributed by atoms with Crippen molar-refractivity contribution in [2.75, 3.05) is 19.6 Å². The molecular formula is C24H47N3. The third-order valence-corrected chi connectivity index (χ3v) is 8.17. The van der Waals surface area contributed by atoms with Crippen molar-refractivity contribution in [1.29, 1.82) is 0 Å². The predicted octanol–water partition coefficient (Wildman–Crippen LogP) is 4.86. The monoisotopic (exact) mass is 377 g/mol. The molecule has 0 aliphatic carbocycles. The Morgan fingerprint density at radius 3 is 1.70 bits per heavy atom. The quantitative estimate of drug-likeness (QED) is 0.627. The second-order valence-corrected chi connectivity index (χ2v) is 10.8. The topological polar surface area (TPSA) is 9.72 Å². The zero-order valence-corrected chi connectivity index (χ0v) is 19.3. The van der Waals surface area contributed by atoms with E-state index in [1.54, 1.807) is 0 Å². The summed E-state index contributed by atoms with van der Waals surface area (Å²) in [6.07, 6.45) is 8.42. The maximum atomic E-state index is 2.85. The molecule has 158 valence electrons. The van der Waals surface area contributed by atoms with Gasteiger partial charge in [0.15, 0.2) is 0 Å². The normalized spacial score (nSPS) is 38.9. The lowest BCUT2D eigenvalue weighted by Gasteiger charge is -2.32. The molecule has 3 fully saturated rings. The highest BCUT2D eigenvalue weighted by atomic mass is 15.2. The van der Waals surface area contributed by atoms with Crippen LogP contribution in [-0.4, -0.2) is 70.6 Å². The Morgan fingerprint density at radius 2 is 1.22 bits per heavy atom. The summed E-state index contributed by atoms with van der Waals surface area (Å²) >= 11 is 0. The van der Waals surface area contributed by atoms with E-state index in [1.165, 1.54) is 58.2 Å². The van der Waals surface area contributed by atoms with Crippen LogP contribution in [0.25, 0.3) is 0 Å². The molecule has 0 bridgehead atoms. The minimum absolute atomic E-state index is 0.699. The smallest absolute Gasteiger partial charge is 0.00729 e. The number of hydrogen-bond donors (Lipinski definition) is 0. The first kappa shape index (κ1) is 21.6. The summed E-state index contributed by atoms with van der Waals surface area (Å²) in [4.78, 5) is 8.34. The lowest BCUT2D eigenvalue weighted by atomic mass is 9.97. The Balaban J connectivity index is 1.47. The van der Waals surface area contributed by atoms with Crippen molar-refractivity contribution in [3.63, 3.8) is 0 Å². The first-order valence-corrected chi connectivity index (χ1v) is 12.0. The molecule has 3 heterocycles. The lowest BCUT2D eigenvalue weighted by Crippen LogP contribution is -2.39. The van der Waals surface area contributed by atoms with Gasteiger partial charge in [0.2, 0.25) is 0 Å². The molecule has 3 aliphatic rings. The Hall–Kier alpha value is -0.120. The van der Waals surface area contributed by atoms with Gasteiger partial charge in [0.25, 0.3) is 0 Å². The second kappa shape index (κ2) is 9.13. The van der Waals surface area contributed by atoms with Gasteiger partial charge in [-0.1, -0.05) is 0 Å². The number of likely N-dealkylation sites (tertiary alicyclic amines) is 3. The van der Waals surface area contributed by atoms with Crippen LogP contribution in [0.5, 0.6) is 0 Å². The van der Waals surface area contributed by atoms with E-state index in [0.29, 0.717) is 6.04 Å². The SMILES string of the molecule is CC(C)N1CC(CC(C)N2CC(CC(C)N3CCC[C@@H]3C)C[C@H]2C)CC1C. The first-order chi connectivity index (χ1) is 12.8. The summed E-state index contributed by atoms with van der Waals surface area (Å²) in [6.45, 7) is 21.0. The number of hydrogen-bond acceptors (Lipinski definition) is 3. The van der Waals surface area contributed by atoms with Crippen LogP contribution in [0.3, 0.4) is 0 Å². The predicted molar refractivity (Wildman–Crippen MR) is 117 cm³/mol. The molecule has 5 unspecified atom stereocenters. The Morgan fingerprint density at radius 1 is 0.704 bits per heavy atom. The van der Waals surface area contributed by atoms with Crippen molar-refractivity contribution in [3.05, 3.63) is 0 Å². The van der Waals surface area contributed by atoms with Crippen molar-refractivity contribution in [2.24, 2.45) is 11.8 Å². The molecule has 0 N–H and O–H groups in total. The van der Waals surface area contributed by atoms with Crippen LogP contribution in [0, 0.1) is 11.8 Å². The van der Waals surface area contributed by atoms with Crippen molar-refractivity contribution >= 4 is 0 Å². The van der Waals surface area contributed by atoms with E-state index in [9.17, 15) is 0 Å². The van der Waals surface area contributed by atoms with Crippen LogP contribution in [-0.2, 0) is 0 Å². The van der Waals surface area contributed by atoms with Gasteiger partial charge in [-0.05, 0) is 105 Å². The average Bonchev–Trinajstić information content (AvgIpc) is 3.26. The Bertz CT molecular complexity index is 465. The van der Waals surface area contributed by atoms with Crippen LogP contribution < -0.4 is 0 Å². The Labute approximate surface area is 169 Å². The van der Waals surface area contributed by atoms with Crippen molar-refractivity contribution in [1.82, 2.24) is 14.7 Å². The molecule has 7 atom stereocenters. The number of nitrogens with zero attached hydrogens (tertiary/aromatic N) is 3. The zero-order chi connectivity index (χ0) is 19.7. The van der Waals surface area contributed by atoms with E-state index in [0.717, 1.165) is 42.0 Å². The molecular weight excluding hydrogens is 330 g/mol. The van der Waals surface area contributed by atoms with E-state index in [1.807, 2.05) is 0 Å². The Kier molecular flexibility index (Phi) is 7.30. The molecule has 0 radical (unpaired) electrons. The highest BCUT2D eigenvalue weighted by molar-refractivity contribution is 4.92. The summed E-state index contributed by atoms with van der Waals surface area (Å²) in [6, 6.07) is 4.56. The molecule has 3 aliphatic heterocycles. The van der Waals surface area contributed by atoms with Crippen LogP contribution in [0.2, 0.25) is 0 Å². The summed E-state index contributed by atoms with van der Waals surface area (Å²) in [7, 11) is 0. The van der Waals surface area contributed by atoms with Gasteiger partial charge in [-0.3, -0.25) is 14.7 Å². The zero-order valence-electron chi connectivity index (χ0n) is 19.3. The van der Waals surface area contributed by atoms with Crippen LogP contribution >= 0.6 is 0 Å². The first-order valence-electron chi connectivity index (χ1n) is 12.0. The molecule has 0 aromatic heterocycles. The minimum Gasteiger partial charge on any atom is -0.298 e. The third kappa shape index (κ3) is 5.08. The summed E-state index contributed by atoms with van der Waals surface area (Å²) in [5, 5.41) is 0. The van der Waals surface area contributed by atoms with Gasteiger partial charge in [-0.15, -0.1) is 0 Å². The summed E-state index contributed by atoms with van der Waals surface area (Å²) in [5.41, 5.74) is 0. The second-order valence-electron chi connectivity index (χ2n) is 10.8. The summed E-state index contributed by atoms with van der Waals surface area (Å²) < 4.78 is 0. The van der Waals surface area contributed by atoms with Crippen LogP contribution in [0.15, 0.2) is 0 Å². The molecule has 3 saturated heterocycles. The van der Waals surface area contributed by atoms with Gasteiger partial charge in [-0.2, -0.15) is 0 Å². The van der Waals surface area contributed by atoms with Gasteiger partial charge in [0.05, 0.1) is 0 Å². The van der Waals surface area contributed by atoms with E-state index in [-0.39, 0.29) is 0 Å². The lowest BCUT2D eigenvalue weighted by molar-refractivity contribution is 0.155. The van der Waals surface area contributed by atoms with Crippen molar-refractivity contribution in [3.8, 4) is 0 Å². The maximum Gasteiger partial charge on any atom is 0.00729 e. The average molecular weight is 378 g/mol. The fourth-order valence-electron chi connectivity index (χ4n) is 6.86. The highest BCUT2D eigenvalue weighted by Crippen LogP contribution is 2.34. The van der Waals surface area contributed by atoms with Crippen LogP contribution in [0.4, 0.5) is 0 Å².